The van der Waals surface area contributed by atoms with Crippen LogP contribution >= 0.6 is 0 Å². The molecule has 1 heterocycles. The monoisotopic (exact) mass is 342 g/mol. The van der Waals surface area contributed by atoms with Crippen LogP contribution in [0.25, 0.3) is 10.8 Å². The summed E-state index contributed by atoms with van der Waals surface area (Å²) in [6.07, 6.45) is 1.44. The van der Waals surface area contributed by atoms with Crippen molar-refractivity contribution in [2.24, 2.45) is 0 Å². The predicted octanol–water partition coefficient (Wildman–Crippen LogP) is 4.62. The van der Waals surface area contributed by atoms with Crippen molar-refractivity contribution < 1.29 is 4.74 Å². The highest BCUT2D eigenvalue weighted by atomic mass is 16.5. The Morgan fingerprint density at radius 3 is 2.46 bits per heavy atom. The van der Waals surface area contributed by atoms with Gasteiger partial charge in [0, 0.05) is 6.54 Å². The van der Waals surface area contributed by atoms with E-state index in [1.54, 1.807) is 0 Å². The molecule has 0 atom stereocenters. The average molecular weight is 342 g/mol. The summed E-state index contributed by atoms with van der Waals surface area (Å²) in [4.78, 5) is 8.39. The van der Waals surface area contributed by atoms with Gasteiger partial charge in [-0.2, -0.15) is 4.98 Å². The predicted molar refractivity (Wildman–Crippen MR) is 104 cm³/mol. The van der Waals surface area contributed by atoms with E-state index in [4.69, 9.17) is 10.5 Å². The van der Waals surface area contributed by atoms with Gasteiger partial charge in [0.05, 0.1) is 0 Å². The van der Waals surface area contributed by atoms with Gasteiger partial charge in [0.1, 0.15) is 17.8 Å². The van der Waals surface area contributed by atoms with Crippen LogP contribution in [0.2, 0.25) is 0 Å². The minimum absolute atomic E-state index is 0.339. The number of hydrogen-bond donors (Lipinski definition) is 2. The molecule has 0 fully saturated rings. The van der Waals surface area contributed by atoms with E-state index < -0.39 is 0 Å². The van der Waals surface area contributed by atoms with E-state index in [2.05, 4.69) is 21.4 Å². The van der Waals surface area contributed by atoms with Crippen LogP contribution < -0.4 is 15.8 Å². The smallest absolute Gasteiger partial charge is 0.248 e. The maximum absolute atomic E-state index is 6.20. The molecular weight excluding hydrogens is 324 g/mol. The van der Waals surface area contributed by atoms with Gasteiger partial charge in [-0.1, -0.05) is 60.7 Å². The molecule has 0 unspecified atom stereocenters. The third-order valence-corrected chi connectivity index (χ3v) is 4.09. The fourth-order valence-electron chi connectivity index (χ4n) is 2.73. The molecule has 5 nitrogen and oxygen atoms in total. The molecule has 0 aliphatic rings. The summed E-state index contributed by atoms with van der Waals surface area (Å²) in [5.74, 6) is 1.58. The zero-order valence-electron chi connectivity index (χ0n) is 14.1. The first kappa shape index (κ1) is 15.9. The fourth-order valence-corrected chi connectivity index (χ4v) is 2.73. The number of benzene rings is 3. The molecule has 128 valence electrons. The summed E-state index contributed by atoms with van der Waals surface area (Å²) < 4.78 is 5.89. The second kappa shape index (κ2) is 7.11. The van der Waals surface area contributed by atoms with Crippen LogP contribution in [0, 0.1) is 0 Å². The number of nitrogens with zero attached hydrogens (tertiary/aromatic N) is 2. The lowest BCUT2D eigenvalue weighted by Crippen LogP contribution is -2.06. The van der Waals surface area contributed by atoms with Gasteiger partial charge in [0.25, 0.3) is 0 Å². The average Bonchev–Trinajstić information content (AvgIpc) is 2.69. The van der Waals surface area contributed by atoms with Crippen LogP contribution in [0.4, 0.5) is 11.5 Å². The van der Waals surface area contributed by atoms with E-state index in [1.807, 2.05) is 66.7 Å². The van der Waals surface area contributed by atoms with Gasteiger partial charge in [0.15, 0.2) is 5.82 Å². The third kappa shape index (κ3) is 3.42. The molecule has 3 N–H and O–H groups in total. The van der Waals surface area contributed by atoms with Crippen molar-refractivity contribution in [2.45, 2.75) is 6.54 Å². The Kier molecular flexibility index (Phi) is 4.35. The molecule has 3 aromatic carbocycles. The van der Waals surface area contributed by atoms with E-state index in [0.29, 0.717) is 29.7 Å². The number of ether oxygens (including phenoxy) is 1. The topological polar surface area (TPSA) is 73.1 Å². The molecule has 5 heteroatoms. The minimum Gasteiger partial charge on any atom is -0.437 e. The molecule has 26 heavy (non-hydrogen) atoms. The number of hydrogen-bond acceptors (Lipinski definition) is 5. The number of aromatic nitrogens is 2. The third-order valence-electron chi connectivity index (χ3n) is 4.09. The van der Waals surface area contributed by atoms with Crippen molar-refractivity contribution in [1.29, 1.82) is 0 Å². The maximum atomic E-state index is 6.20. The molecule has 0 spiro atoms. The Labute approximate surface area is 151 Å². The van der Waals surface area contributed by atoms with Gasteiger partial charge in [-0.3, -0.25) is 0 Å². The lowest BCUT2D eigenvalue weighted by Gasteiger charge is -2.12. The minimum atomic E-state index is 0.339. The highest BCUT2D eigenvalue weighted by Crippen LogP contribution is 2.31. The lowest BCUT2D eigenvalue weighted by atomic mass is 10.1. The summed E-state index contributed by atoms with van der Waals surface area (Å²) >= 11 is 0. The second-order valence-corrected chi connectivity index (χ2v) is 5.89. The van der Waals surface area contributed by atoms with Gasteiger partial charge in [-0.15, -0.1) is 0 Å². The number of nitrogens with one attached hydrogen (secondary N) is 1. The largest absolute Gasteiger partial charge is 0.437 e. The van der Waals surface area contributed by atoms with Crippen molar-refractivity contribution in [1.82, 2.24) is 9.97 Å². The zero-order chi connectivity index (χ0) is 17.8. The van der Waals surface area contributed by atoms with E-state index >= 15 is 0 Å². The highest BCUT2D eigenvalue weighted by Gasteiger charge is 2.10. The van der Waals surface area contributed by atoms with E-state index in [9.17, 15) is 0 Å². The Hall–Kier alpha value is -3.60. The molecule has 0 radical (unpaired) electrons. The summed E-state index contributed by atoms with van der Waals surface area (Å²) in [6, 6.07) is 24.0. The van der Waals surface area contributed by atoms with Crippen molar-refractivity contribution in [3.63, 3.8) is 0 Å². The Morgan fingerprint density at radius 1 is 0.846 bits per heavy atom. The van der Waals surface area contributed by atoms with Gasteiger partial charge >= 0.3 is 0 Å². The van der Waals surface area contributed by atoms with Crippen LogP contribution in [0.1, 0.15) is 5.56 Å². The van der Waals surface area contributed by atoms with E-state index in [0.717, 1.165) is 16.3 Å². The van der Waals surface area contributed by atoms with Gasteiger partial charge in [0.2, 0.25) is 5.88 Å². The molecular formula is C21H18N4O. The second-order valence-electron chi connectivity index (χ2n) is 5.89. The number of fused-ring (bicyclic) bond motifs is 1. The molecule has 0 bridgehead atoms. The molecule has 0 aliphatic heterocycles. The Balaban J connectivity index is 1.54. The summed E-state index contributed by atoms with van der Waals surface area (Å²) in [5.41, 5.74) is 7.72. The maximum Gasteiger partial charge on any atom is 0.248 e. The lowest BCUT2D eigenvalue weighted by molar-refractivity contribution is 0.465. The van der Waals surface area contributed by atoms with Crippen LogP contribution in [-0.4, -0.2) is 9.97 Å². The number of rotatable bonds is 5. The molecule has 4 rings (SSSR count). The van der Waals surface area contributed by atoms with Crippen LogP contribution in [-0.2, 0) is 6.54 Å². The van der Waals surface area contributed by atoms with Crippen LogP contribution in [0.5, 0.6) is 11.6 Å². The summed E-state index contributed by atoms with van der Waals surface area (Å²) in [6.45, 7) is 0.622. The van der Waals surface area contributed by atoms with Crippen LogP contribution in [0.15, 0.2) is 79.1 Å². The fraction of sp³-hybridized carbons (Fsp3) is 0.0476. The number of nitrogens with two attached hydrogens (primary N) is 1. The van der Waals surface area contributed by atoms with Gasteiger partial charge < -0.3 is 15.8 Å². The first-order chi connectivity index (χ1) is 12.8. The van der Waals surface area contributed by atoms with Crippen LogP contribution in [0.3, 0.4) is 0 Å². The normalized spacial score (nSPS) is 10.6. The standard InChI is InChI=1S/C21H18N4O/c22-19-20(23-13-15-6-2-1-3-7-15)24-14-25-21(19)26-18-11-10-16-8-4-5-9-17(16)12-18/h1-12,14H,13,22H2,(H,23,24,25). The number of anilines is 2. The number of nitrogen functional groups attached to an aromatic ring is 1. The summed E-state index contributed by atoms with van der Waals surface area (Å²) in [7, 11) is 0. The molecule has 0 saturated heterocycles. The van der Waals surface area contributed by atoms with Crippen molar-refractivity contribution in [3.05, 3.63) is 84.7 Å². The van der Waals surface area contributed by atoms with Gasteiger partial charge in [-0.05, 0) is 28.5 Å². The highest BCUT2D eigenvalue weighted by molar-refractivity contribution is 5.83. The quantitative estimate of drug-likeness (QED) is 0.554. The Bertz CT molecular complexity index is 1030. The molecule has 1 aromatic heterocycles. The first-order valence-electron chi connectivity index (χ1n) is 8.34. The van der Waals surface area contributed by atoms with Crippen molar-refractivity contribution in [2.75, 3.05) is 11.1 Å². The molecule has 0 aliphatic carbocycles. The van der Waals surface area contributed by atoms with Gasteiger partial charge in [-0.25, -0.2) is 4.98 Å². The van der Waals surface area contributed by atoms with E-state index in [-0.39, 0.29) is 0 Å². The molecule has 4 aromatic rings. The molecule has 0 saturated carbocycles. The zero-order valence-corrected chi connectivity index (χ0v) is 14.1. The molecule has 0 amide bonds. The van der Waals surface area contributed by atoms with Crippen molar-refractivity contribution >= 4 is 22.3 Å². The Morgan fingerprint density at radius 2 is 1.62 bits per heavy atom. The van der Waals surface area contributed by atoms with E-state index in [1.165, 1.54) is 6.33 Å². The summed E-state index contributed by atoms with van der Waals surface area (Å²) in [5, 5.41) is 5.48. The first-order valence-corrected chi connectivity index (χ1v) is 8.34. The van der Waals surface area contributed by atoms with Crippen molar-refractivity contribution in [3.8, 4) is 11.6 Å². The SMILES string of the molecule is Nc1c(NCc2ccccc2)ncnc1Oc1ccc2ccccc2c1.